The molecule has 5 rings (SSSR count). The third-order valence-corrected chi connectivity index (χ3v) is 7.78. The van der Waals surface area contributed by atoms with E-state index in [0.29, 0.717) is 30.1 Å². The molecule has 1 saturated heterocycles. The van der Waals surface area contributed by atoms with Crippen LogP contribution in [0.1, 0.15) is 36.0 Å². The fourth-order valence-electron chi connectivity index (χ4n) is 5.34. The number of anilines is 2. The quantitative estimate of drug-likeness (QED) is 0.366. The highest BCUT2D eigenvalue weighted by Crippen LogP contribution is 2.34. The Morgan fingerprint density at radius 2 is 1.68 bits per heavy atom. The smallest absolute Gasteiger partial charge is 0.381 e. The molecule has 8 heteroatoms. The van der Waals surface area contributed by atoms with Crippen LogP contribution in [0.3, 0.4) is 0 Å². The SMILES string of the molecule is CN1CCC(C(=O)Nc2ccc(CN(C)C3CCOCC3)cc2)=Cc2cc(-c3ccc(C(F)(F)F)cc3)ccc21. The summed E-state index contributed by atoms with van der Waals surface area (Å²) < 4.78 is 44.4. The number of ether oxygens (including phenoxy) is 1. The van der Waals surface area contributed by atoms with Gasteiger partial charge in [0.05, 0.1) is 5.56 Å². The number of hydrogen-bond donors (Lipinski definition) is 1. The first-order chi connectivity index (χ1) is 19.2. The van der Waals surface area contributed by atoms with Crippen LogP contribution in [0.25, 0.3) is 17.2 Å². The number of fused-ring (bicyclic) bond motifs is 1. The van der Waals surface area contributed by atoms with E-state index < -0.39 is 11.7 Å². The zero-order valence-electron chi connectivity index (χ0n) is 22.8. The standard InChI is InChI=1S/C32H34F3N3O2/c1-37-16-13-25(20-26-19-24(7-12-30(26)37)23-5-8-27(9-6-23)32(33,34)35)31(39)36-28-10-3-22(4-11-28)21-38(2)29-14-17-40-18-15-29/h3-12,19-20,29H,13-18,21H2,1-2H3,(H,36,39). The lowest BCUT2D eigenvalue weighted by molar-refractivity contribution is -0.137. The van der Waals surface area contributed by atoms with Crippen LogP contribution in [0, 0.1) is 0 Å². The summed E-state index contributed by atoms with van der Waals surface area (Å²) in [6.45, 7) is 3.14. The minimum Gasteiger partial charge on any atom is -0.381 e. The molecule has 0 saturated carbocycles. The number of alkyl halides is 3. The van der Waals surface area contributed by atoms with Crippen LogP contribution in [0.15, 0.2) is 72.3 Å². The number of nitrogens with one attached hydrogen (secondary N) is 1. The van der Waals surface area contributed by atoms with Crippen molar-refractivity contribution in [3.63, 3.8) is 0 Å². The van der Waals surface area contributed by atoms with Crippen molar-refractivity contribution < 1.29 is 22.7 Å². The Morgan fingerprint density at radius 3 is 2.35 bits per heavy atom. The molecule has 0 atom stereocenters. The first-order valence-electron chi connectivity index (χ1n) is 13.6. The van der Waals surface area contributed by atoms with Gasteiger partial charge in [-0.25, -0.2) is 0 Å². The second-order valence-corrected chi connectivity index (χ2v) is 10.6. The van der Waals surface area contributed by atoms with Crippen molar-refractivity contribution >= 4 is 23.4 Å². The zero-order chi connectivity index (χ0) is 28.3. The maximum atomic E-state index is 13.3. The van der Waals surface area contributed by atoms with Gasteiger partial charge in [0.25, 0.3) is 5.91 Å². The largest absolute Gasteiger partial charge is 0.416 e. The zero-order valence-corrected chi connectivity index (χ0v) is 22.8. The third kappa shape index (κ3) is 6.57. The summed E-state index contributed by atoms with van der Waals surface area (Å²) in [4.78, 5) is 17.7. The summed E-state index contributed by atoms with van der Waals surface area (Å²) in [5.74, 6) is -0.159. The van der Waals surface area contributed by atoms with Crippen LogP contribution in [-0.4, -0.2) is 50.7 Å². The van der Waals surface area contributed by atoms with Gasteiger partial charge in [0.1, 0.15) is 0 Å². The van der Waals surface area contributed by atoms with Gasteiger partial charge in [-0.2, -0.15) is 13.2 Å². The van der Waals surface area contributed by atoms with Crippen molar-refractivity contribution in [1.82, 2.24) is 4.90 Å². The lowest BCUT2D eigenvalue weighted by Gasteiger charge is -2.31. The molecule has 0 radical (unpaired) electrons. The molecular weight excluding hydrogens is 515 g/mol. The molecule has 2 aliphatic heterocycles. The lowest BCUT2D eigenvalue weighted by Crippen LogP contribution is -2.36. The van der Waals surface area contributed by atoms with Gasteiger partial charge < -0.3 is 15.0 Å². The summed E-state index contributed by atoms with van der Waals surface area (Å²) in [5.41, 5.74) is 5.20. The predicted octanol–water partition coefficient (Wildman–Crippen LogP) is 6.85. The highest BCUT2D eigenvalue weighted by molar-refractivity contribution is 6.07. The van der Waals surface area contributed by atoms with Gasteiger partial charge in [0.15, 0.2) is 0 Å². The summed E-state index contributed by atoms with van der Waals surface area (Å²) in [5, 5.41) is 3.03. The maximum Gasteiger partial charge on any atom is 0.416 e. The lowest BCUT2D eigenvalue weighted by atomic mass is 9.99. The summed E-state index contributed by atoms with van der Waals surface area (Å²) in [6.07, 6.45) is 0.175. The van der Waals surface area contributed by atoms with Gasteiger partial charge in [-0.3, -0.25) is 9.69 Å². The summed E-state index contributed by atoms with van der Waals surface area (Å²) in [6, 6.07) is 19.4. The van der Waals surface area contributed by atoms with Gasteiger partial charge in [-0.1, -0.05) is 30.3 Å². The summed E-state index contributed by atoms with van der Waals surface area (Å²) in [7, 11) is 4.11. The molecule has 2 heterocycles. The molecule has 5 nitrogen and oxygen atoms in total. The van der Waals surface area contributed by atoms with Gasteiger partial charge in [0.2, 0.25) is 0 Å². The first kappa shape index (κ1) is 27.9. The van der Waals surface area contributed by atoms with Gasteiger partial charge in [-0.05, 0) is 91.0 Å². The van der Waals surface area contributed by atoms with E-state index in [1.54, 1.807) is 0 Å². The Bertz CT molecular complexity index is 1360. The molecule has 0 unspecified atom stereocenters. The van der Waals surface area contributed by atoms with Gasteiger partial charge in [0, 0.05) is 56.3 Å². The highest BCUT2D eigenvalue weighted by Gasteiger charge is 2.30. The molecule has 3 aromatic carbocycles. The van der Waals surface area contributed by atoms with Crippen LogP contribution in [-0.2, 0) is 22.3 Å². The van der Waals surface area contributed by atoms with Crippen LogP contribution in [0.4, 0.5) is 24.5 Å². The van der Waals surface area contributed by atoms with E-state index in [2.05, 4.69) is 22.2 Å². The Kier molecular flexibility index (Phi) is 8.28. The number of amides is 1. The average Bonchev–Trinajstić information content (AvgIpc) is 3.12. The van der Waals surface area contributed by atoms with Crippen LogP contribution in [0.5, 0.6) is 0 Å². The number of rotatable bonds is 6. The molecule has 1 fully saturated rings. The molecule has 0 aliphatic carbocycles. The molecule has 210 valence electrons. The number of halogens is 3. The monoisotopic (exact) mass is 549 g/mol. The summed E-state index contributed by atoms with van der Waals surface area (Å²) >= 11 is 0. The average molecular weight is 550 g/mol. The van der Waals surface area contributed by atoms with Crippen LogP contribution in [0.2, 0.25) is 0 Å². The Morgan fingerprint density at radius 1 is 1.00 bits per heavy atom. The topological polar surface area (TPSA) is 44.8 Å². The molecule has 0 bridgehead atoms. The Hall–Kier alpha value is -3.62. The van der Waals surface area contributed by atoms with Crippen molar-refractivity contribution in [1.29, 1.82) is 0 Å². The minimum atomic E-state index is -4.37. The van der Waals surface area contributed by atoms with Crippen molar-refractivity contribution in [3.05, 3.63) is 89.0 Å². The molecular formula is C32H34F3N3O2. The van der Waals surface area contributed by atoms with E-state index >= 15 is 0 Å². The minimum absolute atomic E-state index is 0.159. The first-order valence-corrected chi connectivity index (χ1v) is 13.6. The van der Waals surface area contributed by atoms with E-state index in [1.807, 2.05) is 55.6 Å². The Balaban J connectivity index is 1.29. The maximum absolute atomic E-state index is 13.3. The molecule has 0 aromatic heterocycles. The Labute approximate surface area is 233 Å². The molecule has 3 aromatic rings. The normalized spacial score (nSPS) is 16.4. The fourth-order valence-corrected chi connectivity index (χ4v) is 5.34. The van der Waals surface area contributed by atoms with Gasteiger partial charge >= 0.3 is 6.18 Å². The van der Waals surface area contributed by atoms with E-state index in [9.17, 15) is 18.0 Å². The fraction of sp³-hybridized carbons (Fsp3) is 0.344. The predicted molar refractivity (Wildman–Crippen MR) is 153 cm³/mol. The van der Waals surface area contributed by atoms with Crippen molar-refractivity contribution in [2.24, 2.45) is 0 Å². The van der Waals surface area contributed by atoms with Crippen molar-refractivity contribution in [2.45, 2.75) is 38.0 Å². The number of benzene rings is 3. The second kappa shape index (κ2) is 11.9. The second-order valence-electron chi connectivity index (χ2n) is 10.6. The van der Waals surface area contributed by atoms with Gasteiger partial charge in [-0.15, -0.1) is 0 Å². The van der Waals surface area contributed by atoms with Crippen molar-refractivity contribution in [3.8, 4) is 11.1 Å². The number of carbonyl (C=O) groups is 1. The number of nitrogens with zero attached hydrogens (tertiary/aromatic N) is 2. The molecule has 0 spiro atoms. The number of carbonyl (C=O) groups excluding carboxylic acids is 1. The highest BCUT2D eigenvalue weighted by atomic mass is 19.4. The third-order valence-electron chi connectivity index (χ3n) is 7.78. The molecule has 2 aliphatic rings. The van der Waals surface area contributed by atoms with Crippen LogP contribution >= 0.6 is 0 Å². The van der Waals surface area contributed by atoms with E-state index in [1.165, 1.54) is 17.7 Å². The van der Waals surface area contributed by atoms with E-state index in [0.717, 1.165) is 67.2 Å². The number of hydrogen-bond acceptors (Lipinski definition) is 4. The molecule has 1 amide bonds. The molecule has 40 heavy (non-hydrogen) atoms. The van der Waals surface area contributed by atoms with E-state index in [4.69, 9.17) is 4.74 Å². The molecule has 1 N–H and O–H groups in total. The van der Waals surface area contributed by atoms with E-state index in [-0.39, 0.29) is 5.91 Å². The van der Waals surface area contributed by atoms with Crippen molar-refractivity contribution in [2.75, 3.05) is 44.1 Å². The van der Waals surface area contributed by atoms with Crippen LogP contribution < -0.4 is 10.2 Å².